The minimum Gasteiger partial charge on any atom is -0.481 e. The van der Waals surface area contributed by atoms with E-state index in [4.69, 9.17) is 19.3 Å². The van der Waals surface area contributed by atoms with Gasteiger partial charge in [0.05, 0.1) is 0 Å². The van der Waals surface area contributed by atoms with Crippen molar-refractivity contribution in [3.63, 3.8) is 0 Å². The van der Waals surface area contributed by atoms with E-state index in [2.05, 4.69) is 6.92 Å². The molecular weight excluding hydrogens is 512 g/mol. The highest BCUT2D eigenvalue weighted by molar-refractivity contribution is 5.70. The van der Waals surface area contributed by atoms with Crippen molar-refractivity contribution in [1.29, 1.82) is 0 Å². The highest BCUT2D eigenvalue weighted by Crippen LogP contribution is 2.40. The maximum atomic E-state index is 12.5. The van der Waals surface area contributed by atoms with Crippen LogP contribution in [0, 0.1) is 11.8 Å². The Morgan fingerprint density at radius 3 is 2.00 bits per heavy atom. The summed E-state index contributed by atoms with van der Waals surface area (Å²) in [6, 6.07) is 0. The second-order valence-corrected chi connectivity index (χ2v) is 10.7. The largest absolute Gasteiger partial charge is 0.481 e. The number of carbonyl (C=O) groups is 4. The SMILES string of the molecule is CCCCC[C@@H](C=C[C@H]1C(OC(=O)CCC)C[C@H](OC(=O)CCC)[C@@H]1CC=CCCCC(=O)O)OC(=O)CCC. The van der Waals surface area contributed by atoms with E-state index in [9.17, 15) is 19.2 Å². The van der Waals surface area contributed by atoms with Crippen LogP contribution >= 0.6 is 0 Å². The van der Waals surface area contributed by atoms with Crippen LogP contribution in [0.25, 0.3) is 0 Å². The van der Waals surface area contributed by atoms with Gasteiger partial charge < -0.3 is 19.3 Å². The topological polar surface area (TPSA) is 116 Å². The van der Waals surface area contributed by atoms with E-state index in [1.807, 2.05) is 45.1 Å². The Hall–Kier alpha value is -2.64. The summed E-state index contributed by atoms with van der Waals surface area (Å²) in [7, 11) is 0. The van der Waals surface area contributed by atoms with E-state index in [0.717, 1.165) is 25.7 Å². The smallest absolute Gasteiger partial charge is 0.306 e. The molecule has 228 valence electrons. The molecule has 8 heteroatoms. The van der Waals surface area contributed by atoms with Crippen molar-refractivity contribution >= 4 is 23.9 Å². The lowest BCUT2D eigenvalue weighted by Gasteiger charge is -2.24. The Bertz CT molecular complexity index is 818. The number of allylic oxidation sites excluding steroid dienone is 2. The molecule has 1 N–H and O–H groups in total. The summed E-state index contributed by atoms with van der Waals surface area (Å²) in [6.45, 7) is 7.91. The van der Waals surface area contributed by atoms with Gasteiger partial charge in [-0.2, -0.15) is 0 Å². The van der Waals surface area contributed by atoms with Gasteiger partial charge >= 0.3 is 23.9 Å². The number of carboxylic acid groups (broad SMARTS) is 1. The molecule has 1 rings (SSSR count). The quantitative estimate of drug-likeness (QED) is 0.0679. The number of carbonyl (C=O) groups excluding carboxylic acids is 3. The number of hydrogen-bond donors (Lipinski definition) is 1. The Labute approximate surface area is 240 Å². The van der Waals surface area contributed by atoms with Crippen LogP contribution in [-0.4, -0.2) is 47.3 Å². The van der Waals surface area contributed by atoms with E-state index >= 15 is 0 Å². The number of unbranched alkanes of at least 4 members (excludes halogenated alkanes) is 3. The van der Waals surface area contributed by atoms with Gasteiger partial charge in [0.25, 0.3) is 0 Å². The highest BCUT2D eigenvalue weighted by atomic mass is 16.6. The summed E-state index contributed by atoms with van der Waals surface area (Å²) >= 11 is 0. The minimum atomic E-state index is -0.817. The maximum Gasteiger partial charge on any atom is 0.306 e. The molecule has 0 amide bonds. The molecule has 1 aliphatic carbocycles. The normalized spacial score (nSPS) is 21.5. The number of esters is 3. The fourth-order valence-electron chi connectivity index (χ4n) is 5.00. The lowest BCUT2D eigenvalue weighted by molar-refractivity contribution is -0.152. The van der Waals surface area contributed by atoms with Gasteiger partial charge in [0.15, 0.2) is 0 Å². The van der Waals surface area contributed by atoms with Crippen LogP contribution < -0.4 is 0 Å². The van der Waals surface area contributed by atoms with Gasteiger partial charge in [-0.15, -0.1) is 0 Å². The number of aliphatic carboxylic acids is 1. The predicted molar refractivity (Wildman–Crippen MR) is 154 cm³/mol. The van der Waals surface area contributed by atoms with Crippen LogP contribution in [0.15, 0.2) is 24.3 Å². The van der Waals surface area contributed by atoms with Gasteiger partial charge in [-0.25, -0.2) is 0 Å². The van der Waals surface area contributed by atoms with Crippen LogP contribution in [0.1, 0.15) is 124 Å². The van der Waals surface area contributed by atoms with E-state index in [1.54, 1.807) is 0 Å². The van der Waals surface area contributed by atoms with Crippen molar-refractivity contribution < 1.29 is 38.5 Å². The molecule has 1 saturated carbocycles. The third-order valence-corrected chi connectivity index (χ3v) is 7.05. The molecular formula is C32H52O8. The van der Waals surface area contributed by atoms with Crippen molar-refractivity contribution in [3.8, 4) is 0 Å². The summed E-state index contributed by atoms with van der Waals surface area (Å²) in [5.41, 5.74) is 0. The van der Waals surface area contributed by atoms with Crippen LogP contribution in [-0.2, 0) is 33.4 Å². The maximum absolute atomic E-state index is 12.5. The molecule has 0 aliphatic heterocycles. The minimum absolute atomic E-state index is 0.113. The lowest BCUT2D eigenvalue weighted by Crippen LogP contribution is -2.26. The van der Waals surface area contributed by atoms with Gasteiger partial charge in [-0.3, -0.25) is 19.2 Å². The zero-order chi connectivity index (χ0) is 29.8. The summed E-state index contributed by atoms with van der Waals surface area (Å²) in [4.78, 5) is 48.1. The Balaban J connectivity index is 3.23. The first kappa shape index (κ1) is 35.4. The molecule has 1 unspecified atom stereocenters. The van der Waals surface area contributed by atoms with Crippen LogP contribution in [0.5, 0.6) is 0 Å². The first-order valence-electron chi connectivity index (χ1n) is 15.4. The third kappa shape index (κ3) is 14.7. The average molecular weight is 565 g/mol. The van der Waals surface area contributed by atoms with Gasteiger partial charge in [-0.05, 0) is 57.4 Å². The number of carboxylic acids is 1. The van der Waals surface area contributed by atoms with Crippen molar-refractivity contribution in [2.24, 2.45) is 11.8 Å². The van der Waals surface area contributed by atoms with Gasteiger partial charge in [-0.1, -0.05) is 58.8 Å². The van der Waals surface area contributed by atoms with E-state index in [0.29, 0.717) is 64.2 Å². The molecule has 8 nitrogen and oxygen atoms in total. The molecule has 0 heterocycles. The standard InChI is InChI=1S/C32H52O8/c1-5-9-12-18-24(38-30(35)15-6-2)21-22-26-25(19-13-10-11-14-20-29(33)34)27(39-31(36)16-7-3)23-28(26)40-32(37)17-8-4/h10,13,21-22,24-28H,5-9,11-12,14-20,23H2,1-4H3,(H,33,34)/t24-,25+,26+,27-,28?/m0/s1. The van der Waals surface area contributed by atoms with E-state index in [-0.39, 0.29) is 42.3 Å². The first-order valence-corrected chi connectivity index (χ1v) is 15.4. The second kappa shape index (κ2) is 21.2. The fraction of sp³-hybridized carbons (Fsp3) is 0.750. The second-order valence-electron chi connectivity index (χ2n) is 10.7. The zero-order valence-electron chi connectivity index (χ0n) is 25.1. The molecule has 0 bridgehead atoms. The molecule has 1 fully saturated rings. The van der Waals surface area contributed by atoms with Crippen molar-refractivity contribution in [3.05, 3.63) is 24.3 Å². The molecule has 5 atom stereocenters. The van der Waals surface area contributed by atoms with Crippen molar-refractivity contribution in [2.75, 3.05) is 0 Å². The van der Waals surface area contributed by atoms with Crippen LogP contribution in [0.2, 0.25) is 0 Å². The van der Waals surface area contributed by atoms with Crippen molar-refractivity contribution in [2.45, 2.75) is 142 Å². The van der Waals surface area contributed by atoms with Gasteiger partial charge in [0.2, 0.25) is 0 Å². The molecule has 0 aromatic carbocycles. The summed E-state index contributed by atoms with van der Waals surface area (Å²) in [5, 5.41) is 8.88. The molecule has 1 aliphatic rings. The first-order chi connectivity index (χ1) is 19.2. The van der Waals surface area contributed by atoms with Crippen LogP contribution in [0.4, 0.5) is 0 Å². The number of hydrogen-bond acceptors (Lipinski definition) is 7. The number of rotatable bonds is 21. The summed E-state index contributed by atoms with van der Waals surface area (Å²) < 4.78 is 17.6. The Kier molecular flexibility index (Phi) is 18.7. The Morgan fingerprint density at radius 2 is 1.40 bits per heavy atom. The molecule has 0 spiro atoms. The van der Waals surface area contributed by atoms with Crippen molar-refractivity contribution in [1.82, 2.24) is 0 Å². The van der Waals surface area contributed by atoms with Crippen LogP contribution in [0.3, 0.4) is 0 Å². The molecule has 0 aromatic rings. The molecule has 0 saturated heterocycles. The lowest BCUT2D eigenvalue weighted by atomic mass is 9.89. The predicted octanol–water partition coefficient (Wildman–Crippen LogP) is 7.10. The molecule has 0 aromatic heterocycles. The average Bonchev–Trinajstić information content (AvgIpc) is 3.19. The van der Waals surface area contributed by atoms with Gasteiger partial charge in [0, 0.05) is 43.9 Å². The molecule has 40 heavy (non-hydrogen) atoms. The zero-order valence-corrected chi connectivity index (χ0v) is 25.1. The monoisotopic (exact) mass is 564 g/mol. The van der Waals surface area contributed by atoms with E-state index in [1.165, 1.54) is 0 Å². The summed E-state index contributed by atoms with van der Waals surface area (Å²) in [6.07, 6.45) is 15.8. The number of ether oxygens (including phenoxy) is 3. The van der Waals surface area contributed by atoms with E-state index < -0.39 is 18.2 Å². The highest BCUT2D eigenvalue weighted by Gasteiger charge is 2.45. The molecule has 0 radical (unpaired) electrons. The third-order valence-electron chi connectivity index (χ3n) is 7.05. The van der Waals surface area contributed by atoms with Gasteiger partial charge in [0.1, 0.15) is 18.3 Å². The fourth-order valence-corrected chi connectivity index (χ4v) is 5.00. The summed E-state index contributed by atoms with van der Waals surface area (Å²) in [5.74, 6) is -1.93. The Morgan fingerprint density at radius 1 is 0.775 bits per heavy atom.